The van der Waals surface area contributed by atoms with Crippen LogP contribution in [0.25, 0.3) is 0 Å². The Bertz CT molecular complexity index is 504. The molecule has 2 N–H and O–H groups in total. The largest absolute Gasteiger partial charge is 0.492 e. The SMILES string of the molecule is CCCC(=O)NNC(=O)c1ccc(OCC(C)C)c(Br)c1. The minimum atomic E-state index is -0.365. The Morgan fingerprint density at radius 2 is 2.00 bits per heavy atom. The first kappa shape index (κ1) is 17.5. The van der Waals surface area contributed by atoms with Gasteiger partial charge in [-0.15, -0.1) is 0 Å². The minimum absolute atomic E-state index is 0.207. The first-order chi connectivity index (χ1) is 9.93. The van der Waals surface area contributed by atoms with Crippen LogP contribution >= 0.6 is 15.9 Å². The molecular weight excluding hydrogens is 336 g/mol. The molecule has 116 valence electrons. The van der Waals surface area contributed by atoms with Gasteiger partial charge in [0.2, 0.25) is 5.91 Å². The van der Waals surface area contributed by atoms with Crippen molar-refractivity contribution in [3.63, 3.8) is 0 Å². The molecule has 1 rings (SSSR count). The van der Waals surface area contributed by atoms with E-state index in [1.807, 2.05) is 6.92 Å². The maximum Gasteiger partial charge on any atom is 0.269 e. The van der Waals surface area contributed by atoms with Crippen molar-refractivity contribution in [1.82, 2.24) is 10.9 Å². The number of halogens is 1. The van der Waals surface area contributed by atoms with Gasteiger partial charge >= 0.3 is 0 Å². The van der Waals surface area contributed by atoms with Gasteiger partial charge in [0, 0.05) is 12.0 Å². The van der Waals surface area contributed by atoms with Crippen molar-refractivity contribution in [2.75, 3.05) is 6.61 Å². The number of amides is 2. The average molecular weight is 357 g/mol. The first-order valence-electron chi connectivity index (χ1n) is 6.95. The Morgan fingerprint density at radius 1 is 1.29 bits per heavy atom. The van der Waals surface area contributed by atoms with Crippen LogP contribution in [-0.2, 0) is 4.79 Å². The number of hydrazine groups is 1. The van der Waals surface area contributed by atoms with Gasteiger partial charge in [-0.05, 0) is 46.5 Å². The maximum absolute atomic E-state index is 11.9. The summed E-state index contributed by atoms with van der Waals surface area (Å²) in [5.41, 5.74) is 5.19. The molecule has 0 radical (unpaired) electrons. The molecule has 0 aliphatic heterocycles. The zero-order valence-electron chi connectivity index (χ0n) is 12.5. The Kier molecular flexibility index (Phi) is 7.22. The van der Waals surface area contributed by atoms with Crippen molar-refractivity contribution in [2.24, 2.45) is 5.92 Å². The highest BCUT2D eigenvalue weighted by Crippen LogP contribution is 2.26. The van der Waals surface area contributed by atoms with E-state index in [1.54, 1.807) is 18.2 Å². The fourth-order valence-electron chi connectivity index (χ4n) is 1.50. The molecular formula is C15H21BrN2O3. The van der Waals surface area contributed by atoms with Crippen LogP contribution in [0.15, 0.2) is 22.7 Å². The van der Waals surface area contributed by atoms with E-state index in [2.05, 4.69) is 40.6 Å². The van der Waals surface area contributed by atoms with E-state index in [4.69, 9.17) is 4.74 Å². The number of carbonyl (C=O) groups excluding carboxylic acids is 2. The lowest BCUT2D eigenvalue weighted by Crippen LogP contribution is -2.41. The molecule has 0 fully saturated rings. The van der Waals surface area contributed by atoms with Gasteiger partial charge in [-0.1, -0.05) is 20.8 Å². The number of nitrogens with one attached hydrogen (secondary N) is 2. The molecule has 0 heterocycles. The monoisotopic (exact) mass is 356 g/mol. The van der Waals surface area contributed by atoms with E-state index >= 15 is 0 Å². The topological polar surface area (TPSA) is 67.4 Å². The first-order valence-corrected chi connectivity index (χ1v) is 7.74. The van der Waals surface area contributed by atoms with Crippen molar-refractivity contribution < 1.29 is 14.3 Å². The van der Waals surface area contributed by atoms with Gasteiger partial charge in [0.05, 0.1) is 11.1 Å². The second kappa shape index (κ2) is 8.67. The van der Waals surface area contributed by atoms with Crippen LogP contribution in [0.3, 0.4) is 0 Å². The molecule has 0 aliphatic rings. The second-order valence-corrected chi connectivity index (χ2v) is 5.96. The van der Waals surface area contributed by atoms with Crippen LogP contribution in [-0.4, -0.2) is 18.4 Å². The zero-order chi connectivity index (χ0) is 15.8. The third-order valence-electron chi connectivity index (χ3n) is 2.56. The molecule has 0 saturated heterocycles. The summed E-state index contributed by atoms with van der Waals surface area (Å²) in [6.07, 6.45) is 1.11. The summed E-state index contributed by atoms with van der Waals surface area (Å²) in [5, 5.41) is 0. The van der Waals surface area contributed by atoms with Gasteiger partial charge in [0.25, 0.3) is 5.91 Å². The number of carbonyl (C=O) groups is 2. The van der Waals surface area contributed by atoms with Crippen LogP contribution < -0.4 is 15.6 Å². The van der Waals surface area contributed by atoms with Crippen molar-refractivity contribution in [2.45, 2.75) is 33.6 Å². The number of ether oxygens (including phenoxy) is 1. The lowest BCUT2D eigenvalue weighted by Gasteiger charge is -2.12. The molecule has 0 atom stereocenters. The highest BCUT2D eigenvalue weighted by Gasteiger charge is 2.10. The number of hydrogen-bond acceptors (Lipinski definition) is 3. The molecule has 0 bridgehead atoms. The van der Waals surface area contributed by atoms with Crippen LogP contribution in [0.2, 0.25) is 0 Å². The van der Waals surface area contributed by atoms with Crippen molar-refractivity contribution >= 4 is 27.7 Å². The van der Waals surface area contributed by atoms with Crippen LogP contribution in [0.5, 0.6) is 5.75 Å². The molecule has 6 heteroatoms. The van der Waals surface area contributed by atoms with E-state index in [0.717, 1.165) is 6.42 Å². The van der Waals surface area contributed by atoms with Crippen molar-refractivity contribution in [3.05, 3.63) is 28.2 Å². The smallest absolute Gasteiger partial charge is 0.269 e. The normalized spacial score (nSPS) is 10.3. The van der Waals surface area contributed by atoms with Crippen molar-refractivity contribution in [1.29, 1.82) is 0 Å². The molecule has 1 aromatic carbocycles. The summed E-state index contributed by atoms with van der Waals surface area (Å²) in [6.45, 7) is 6.63. The Hall–Kier alpha value is -1.56. The number of hydrogen-bond donors (Lipinski definition) is 2. The lowest BCUT2D eigenvalue weighted by molar-refractivity contribution is -0.121. The van der Waals surface area contributed by atoms with E-state index in [9.17, 15) is 9.59 Å². The fraction of sp³-hybridized carbons (Fsp3) is 0.467. The summed E-state index contributed by atoms with van der Waals surface area (Å²) in [5.74, 6) is 0.543. The van der Waals surface area contributed by atoms with Crippen LogP contribution in [0, 0.1) is 5.92 Å². The van der Waals surface area contributed by atoms with Gasteiger partial charge in [-0.25, -0.2) is 0 Å². The predicted octanol–water partition coefficient (Wildman–Crippen LogP) is 3.05. The van der Waals surface area contributed by atoms with E-state index in [1.165, 1.54) is 0 Å². The van der Waals surface area contributed by atoms with E-state index < -0.39 is 0 Å². The quantitative estimate of drug-likeness (QED) is 0.769. The maximum atomic E-state index is 11.9. The zero-order valence-corrected chi connectivity index (χ0v) is 14.1. The molecule has 0 spiro atoms. The molecule has 0 aromatic heterocycles. The molecule has 2 amide bonds. The summed E-state index contributed by atoms with van der Waals surface area (Å²) in [4.78, 5) is 23.2. The lowest BCUT2D eigenvalue weighted by atomic mass is 10.2. The Balaban J connectivity index is 2.61. The summed E-state index contributed by atoms with van der Waals surface area (Å²) < 4.78 is 6.32. The number of benzene rings is 1. The molecule has 1 aromatic rings. The standard InChI is InChI=1S/C15H21BrN2O3/c1-4-5-14(19)17-18-15(20)11-6-7-13(12(16)8-11)21-9-10(2)3/h6-8,10H,4-5,9H2,1-3H3,(H,17,19)(H,18,20). The van der Waals surface area contributed by atoms with Gasteiger partial charge in [-0.3, -0.25) is 20.4 Å². The molecule has 21 heavy (non-hydrogen) atoms. The van der Waals surface area contributed by atoms with Crippen LogP contribution in [0.4, 0.5) is 0 Å². The fourth-order valence-corrected chi connectivity index (χ4v) is 2.00. The summed E-state index contributed by atoms with van der Waals surface area (Å²) in [6, 6.07) is 5.05. The molecule has 0 saturated carbocycles. The molecule has 5 nitrogen and oxygen atoms in total. The van der Waals surface area contributed by atoms with E-state index in [-0.39, 0.29) is 11.8 Å². The highest BCUT2D eigenvalue weighted by molar-refractivity contribution is 9.10. The van der Waals surface area contributed by atoms with Gasteiger partial charge in [0.1, 0.15) is 5.75 Å². The molecule has 0 aliphatic carbocycles. The predicted molar refractivity (Wildman–Crippen MR) is 85.0 cm³/mol. The summed E-state index contributed by atoms with van der Waals surface area (Å²) in [7, 11) is 0. The third kappa shape index (κ3) is 6.16. The number of rotatable bonds is 6. The molecule has 0 unspecified atom stereocenters. The Morgan fingerprint density at radius 3 is 2.57 bits per heavy atom. The van der Waals surface area contributed by atoms with Gasteiger partial charge < -0.3 is 4.74 Å². The van der Waals surface area contributed by atoms with Crippen molar-refractivity contribution in [3.8, 4) is 5.75 Å². The third-order valence-corrected chi connectivity index (χ3v) is 3.18. The van der Waals surface area contributed by atoms with E-state index in [0.29, 0.717) is 34.7 Å². The highest BCUT2D eigenvalue weighted by atomic mass is 79.9. The van der Waals surface area contributed by atoms with Gasteiger partial charge in [-0.2, -0.15) is 0 Å². The average Bonchev–Trinajstić information content (AvgIpc) is 2.43. The second-order valence-electron chi connectivity index (χ2n) is 5.10. The minimum Gasteiger partial charge on any atom is -0.492 e. The van der Waals surface area contributed by atoms with Gasteiger partial charge in [0.15, 0.2) is 0 Å². The van der Waals surface area contributed by atoms with Crippen LogP contribution in [0.1, 0.15) is 44.0 Å². The summed E-state index contributed by atoms with van der Waals surface area (Å²) >= 11 is 3.38. The Labute approximate surface area is 133 Å².